The highest BCUT2D eigenvalue weighted by Gasteiger charge is 2.16. The molecule has 0 spiro atoms. The number of nitrogens with one attached hydrogen (secondary N) is 2. The summed E-state index contributed by atoms with van der Waals surface area (Å²) in [6.07, 6.45) is 0.732. The van der Waals surface area contributed by atoms with E-state index in [0.717, 1.165) is 17.7 Å². The second-order valence-electron chi connectivity index (χ2n) is 7.20. The van der Waals surface area contributed by atoms with Gasteiger partial charge in [-0.1, -0.05) is 53.5 Å². The predicted octanol–water partition coefficient (Wildman–Crippen LogP) is 5.28. The summed E-state index contributed by atoms with van der Waals surface area (Å²) in [5, 5.41) is 6.46. The summed E-state index contributed by atoms with van der Waals surface area (Å²) in [5.41, 5.74) is 3.17. The summed E-state index contributed by atoms with van der Waals surface area (Å²) in [6, 6.07) is 19.8. The average Bonchev–Trinajstić information content (AvgIpc) is 2.74. The van der Waals surface area contributed by atoms with Crippen molar-refractivity contribution < 1.29 is 9.59 Å². The Balaban J connectivity index is 1.75. The van der Waals surface area contributed by atoms with Crippen LogP contribution in [0.1, 0.15) is 26.3 Å². The van der Waals surface area contributed by atoms with Gasteiger partial charge in [-0.05, 0) is 48.4 Å². The molecular weight excluding hydrogens is 433 g/mol. The van der Waals surface area contributed by atoms with E-state index in [1.165, 1.54) is 6.07 Å². The van der Waals surface area contributed by atoms with Crippen LogP contribution in [0, 0.1) is 0 Å². The average molecular weight is 456 g/mol. The van der Waals surface area contributed by atoms with Gasteiger partial charge in [0.25, 0.3) is 11.8 Å². The molecule has 2 amide bonds. The van der Waals surface area contributed by atoms with E-state index in [4.69, 9.17) is 23.2 Å². The third-order valence-corrected chi connectivity index (χ3v) is 5.25. The van der Waals surface area contributed by atoms with Crippen LogP contribution in [-0.2, 0) is 6.42 Å². The maximum atomic E-state index is 12.9. The fraction of sp³-hybridized carbons (Fsp3) is 0.167. The number of nitrogens with zero attached hydrogens (tertiary/aromatic N) is 1. The topological polar surface area (TPSA) is 61.4 Å². The fourth-order valence-electron chi connectivity index (χ4n) is 3.12. The van der Waals surface area contributed by atoms with E-state index in [1.807, 2.05) is 49.3 Å². The molecule has 0 radical (unpaired) electrons. The first kappa shape index (κ1) is 22.7. The van der Waals surface area contributed by atoms with Gasteiger partial charge in [0.05, 0.1) is 16.1 Å². The van der Waals surface area contributed by atoms with Gasteiger partial charge in [-0.25, -0.2) is 0 Å². The van der Waals surface area contributed by atoms with Crippen molar-refractivity contribution in [3.05, 3.63) is 93.5 Å². The minimum Gasteiger partial charge on any atom is -0.377 e. The second kappa shape index (κ2) is 10.3. The number of carbonyl (C=O) groups is 2. The number of halogens is 2. The highest BCUT2D eigenvalue weighted by molar-refractivity contribution is 6.37. The van der Waals surface area contributed by atoms with Crippen LogP contribution in [0.15, 0.2) is 66.7 Å². The maximum absolute atomic E-state index is 12.9. The number of hydrogen-bond acceptors (Lipinski definition) is 3. The Morgan fingerprint density at radius 2 is 1.61 bits per heavy atom. The van der Waals surface area contributed by atoms with Crippen molar-refractivity contribution in [3.63, 3.8) is 0 Å². The van der Waals surface area contributed by atoms with Crippen LogP contribution in [0.5, 0.6) is 0 Å². The van der Waals surface area contributed by atoms with Gasteiger partial charge in [-0.3, -0.25) is 9.59 Å². The Hall–Kier alpha value is -3.02. The summed E-state index contributed by atoms with van der Waals surface area (Å²) in [7, 11) is 3.73. The van der Waals surface area contributed by atoms with Crippen LogP contribution in [0.4, 0.5) is 11.4 Å². The smallest absolute Gasteiger partial charge is 0.257 e. The Bertz CT molecular complexity index is 1090. The van der Waals surface area contributed by atoms with Gasteiger partial charge in [-0.2, -0.15) is 0 Å². The molecule has 0 unspecified atom stereocenters. The highest BCUT2D eigenvalue weighted by atomic mass is 35.5. The Morgan fingerprint density at radius 1 is 0.871 bits per heavy atom. The zero-order chi connectivity index (χ0) is 22.4. The molecule has 3 aromatic rings. The largest absolute Gasteiger partial charge is 0.377 e. The quantitative estimate of drug-likeness (QED) is 0.508. The zero-order valence-electron chi connectivity index (χ0n) is 17.3. The molecular formula is C24H23Cl2N3O2. The molecule has 7 heteroatoms. The van der Waals surface area contributed by atoms with E-state index in [1.54, 1.807) is 30.3 Å². The lowest BCUT2D eigenvalue weighted by atomic mass is 10.1. The Morgan fingerprint density at radius 3 is 2.29 bits per heavy atom. The summed E-state index contributed by atoms with van der Waals surface area (Å²) in [4.78, 5) is 27.4. The first-order valence-corrected chi connectivity index (χ1v) is 10.5. The normalized spacial score (nSPS) is 10.5. The van der Waals surface area contributed by atoms with Crippen LogP contribution in [0.2, 0.25) is 10.0 Å². The lowest BCUT2D eigenvalue weighted by Crippen LogP contribution is -2.28. The van der Waals surface area contributed by atoms with Gasteiger partial charge in [0, 0.05) is 37.0 Å². The van der Waals surface area contributed by atoms with Gasteiger partial charge in [0.2, 0.25) is 0 Å². The van der Waals surface area contributed by atoms with Gasteiger partial charge in [0.15, 0.2) is 0 Å². The third kappa shape index (κ3) is 6.00. The summed E-state index contributed by atoms with van der Waals surface area (Å²) in [6.45, 7) is 0.507. The zero-order valence-corrected chi connectivity index (χ0v) is 18.8. The number of carbonyl (C=O) groups excluding carboxylic acids is 2. The third-order valence-electron chi connectivity index (χ3n) is 4.70. The number of hydrogen-bond donors (Lipinski definition) is 2. The van der Waals surface area contributed by atoms with Crippen LogP contribution in [0.3, 0.4) is 0 Å². The van der Waals surface area contributed by atoms with Crippen LogP contribution >= 0.6 is 23.2 Å². The summed E-state index contributed by atoms with van der Waals surface area (Å²) < 4.78 is 0. The molecule has 0 aliphatic carbocycles. The van der Waals surface area contributed by atoms with Crippen LogP contribution < -0.4 is 15.5 Å². The Kier molecular flexibility index (Phi) is 7.55. The molecule has 0 aromatic heterocycles. The molecule has 5 nitrogen and oxygen atoms in total. The first-order valence-electron chi connectivity index (χ1n) is 9.75. The molecule has 0 heterocycles. The monoisotopic (exact) mass is 455 g/mol. The molecule has 0 aliphatic rings. The number of amides is 2. The van der Waals surface area contributed by atoms with E-state index < -0.39 is 0 Å². The van der Waals surface area contributed by atoms with Gasteiger partial charge in [-0.15, -0.1) is 0 Å². The molecule has 31 heavy (non-hydrogen) atoms. The molecule has 0 bridgehead atoms. The van der Waals surface area contributed by atoms with Crippen LogP contribution in [0.25, 0.3) is 0 Å². The van der Waals surface area contributed by atoms with E-state index in [-0.39, 0.29) is 16.8 Å². The molecule has 0 fully saturated rings. The molecule has 0 saturated heterocycles. The van der Waals surface area contributed by atoms with Gasteiger partial charge >= 0.3 is 0 Å². The number of benzene rings is 3. The minimum absolute atomic E-state index is 0.208. The molecule has 0 aliphatic heterocycles. The number of rotatable bonds is 7. The van der Waals surface area contributed by atoms with E-state index in [9.17, 15) is 9.59 Å². The molecule has 0 atom stereocenters. The fourth-order valence-corrected chi connectivity index (χ4v) is 3.61. The lowest BCUT2D eigenvalue weighted by molar-refractivity contribution is 0.0953. The predicted molar refractivity (Wildman–Crippen MR) is 128 cm³/mol. The maximum Gasteiger partial charge on any atom is 0.257 e. The molecule has 2 N–H and O–H groups in total. The van der Waals surface area contributed by atoms with Crippen molar-refractivity contribution in [2.24, 2.45) is 0 Å². The van der Waals surface area contributed by atoms with Crippen molar-refractivity contribution in [1.82, 2.24) is 5.32 Å². The highest BCUT2D eigenvalue weighted by Crippen LogP contribution is 2.25. The van der Waals surface area contributed by atoms with Gasteiger partial charge < -0.3 is 15.5 Å². The standard InChI is InChI=1S/C24H23Cl2N3O2/c1-29(2)22-11-9-18(28-24(31)19-10-8-17(25)14-21(19)26)15-20(22)23(30)27-13-12-16-6-4-3-5-7-16/h3-11,14-15H,12-13H2,1-2H3,(H,27,30)(H,28,31). The first-order chi connectivity index (χ1) is 14.8. The Labute approximate surface area is 192 Å². The number of anilines is 2. The summed E-state index contributed by atoms with van der Waals surface area (Å²) >= 11 is 12.0. The summed E-state index contributed by atoms with van der Waals surface area (Å²) in [5.74, 6) is -0.588. The van der Waals surface area contributed by atoms with Gasteiger partial charge in [0.1, 0.15) is 0 Å². The van der Waals surface area contributed by atoms with Crippen LogP contribution in [-0.4, -0.2) is 32.5 Å². The van der Waals surface area contributed by atoms with E-state index in [2.05, 4.69) is 10.6 Å². The molecule has 160 valence electrons. The molecule has 0 saturated carbocycles. The SMILES string of the molecule is CN(C)c1ccc(NC(=O)c2ccc(Cl)cc2Cl)cc1C(=O)NCCc1ccccc1. The molecule has 3 aromatic carbocycles. The van der Waals surface area contributed by atoms with E-state index in [0.29, 0.717) is 28.4 Å². The van der Waals surface area contributed by atoms with Crippen molar-refractivity contribution in [1.29, 1.82) is 0 Å². The molecule has 3 rings (SSSR count). The lowest BCUT2D eigenvalue weighted by Gasteiger charge is -2.18. The van der Waals surface area contributed by atoms with Crippen molar-refractivity contribution >= 4 is 46.4 Å². The van der Waals surface area contributed by atoms with Crippen molar-refractivity contribution in [3.8, 4) is 0 Å². The van der Waals surface area contributed by atoms with E-state index >= 15 is 0 Å². The second-order valence-corrected chi connectivity index (χ2v) is 8.04. The van der Waals surface area contributed by atoms with Crippen molar-refractivity contribution in [2.45, 2.75) is 6.42 Å². The van der Waals surface area contributed by atoms with Crippen molar-refractivity contribution in [2.75, 3.05) is 30.9 Å². The minimum atomic E-state index is -0.380.